The zero-order chi connectivity index (χ0) is 14.3. The van der Waals surface area contributed by atoms with Crippen molar-refractivity contribution in [1.82, 2.24) is 9.55 Å². The Bertz CT molecular complexity index is 758. The molecule has 1 aromatic heterocycles. The van der Waals surface area contributed by atoms with E-state index in [2.05, 4.69) is 4.98 Å². The van der Waals surface area contributed by atoms with Gasteiger partial charge in [0, 0.05) is 18.2 Å². The number of nitrogens with zero attached hydrogens (tertiary/aromatic N) is 2. The van der Waals surface area contributed by atoms with Crippen LogP contribution < -0.4 is 0 Å². The number of halogens is 1. The molecule has 3 heteroatoms. The van der Waals surface area contributed by atoms with Crippen molar-refractivity contribution in [2.45, 2.75) is 19.8 Å². The molecule has 0 amide bonds. The molecule has 3 rings (SSSR count). The summed E-state index contributed by atoms with van der Waals surface area (Å²) in [6.45, 7) is 4.03. The van der Waals surface area contributed by atoms with Crippen LogP contribution in [0.3, 0.4) is 0 Å². The fourth-order valence-electron chi connectivity index (χ4n) is 2.69. The van der Waals surface area contributed by atoms with Crippen LogP contribution in [0.2, 0.25) is 0 Å². The van der Waals surface area contributed by atoms with E-state index in [4.69, 9.17) is 0 Å². The molecule has 0 aliphatic rings. The fraction of sp³-hybridized carbons (Fsp3) is 0.235. The van der Waals surface area contributed by atoms with Gasteiger partial charge in [-0.2, -0.15) is 0 Å². The van der Waals surface area contributed by atoms with Gasteiger partial charge in [0.15, 0.2) is 0 Å². The van der Waals surface area contributed by atoms with Crippen LogP contribution >= 0.6 is 0 Å². The minimum Gasteiger partial charge on any atom is -0.333 e. The first-order valence-electron chi connectivity index (χ1n) is 6.78. The summed E-state index contributed by atoms with van der Waals surface area (Å²) in [7, 11) is 1.91. The van der Waals surface area contributed by atoms with Gasteiger partial charge < -0.3 is 4.57 Å². The molecule has 0 aliphatic carbocycles. The molecule has 0 saturated carbocycles. The molecule has 1 heterocycles. The summed E-state index contributed by atoms with van der Waals surface area (Å²) >= 11 is 0. The Balaban J connectivity index is 2.38. The number of aromatic nitrogens is 2. The number of hydrogen-bond donors (Lipinski definition) is 0. The predicted octanol–water partition coefficient (Wildman–Crippen LogP) is 4.50. The Morgan fingerprint density at radius 2 is 1.85 bits per heavy atom. The number of rotatable bonds is 2. The number of imidazole rings is 1. The van der Waals surface area contributed by atoms with E-state index in [1.807, 2.05) is 61.9 Å². The van der Waals surface area contributed by atoms with Crippen molar-refractivity contribution < 1.29 is 4.39 Å². The zero-order valence-corrected chi connectivity index (χ0v) is 11.9. The standard InChI is InChI=1S/C17H17FN2/c1-11(2)15-16(18)13(12-7-5-4-6-8-12)9-14-17(15)20(3)10-19-14/h4-11H,1-3H3. The lowest BCUT2D eigenvalue weighted by molar-refractivity contribution is 0.603. The maximum absolute atomic E-state index is 15.0. The maximum atomic E-state index is 15.0. The third-order valence-corrected chi connectivity index (χ3v) is 3.64. The average Bonchev–Trinajstić information content (AvgIpc) is 2.80. The molecular formula is C17H17FN2. The number of fused-ring (bicyclic) bond motifs is 1. The molecule has 0 aliphatic heterocycles. The van der Waals surface area contributed by atoms with Crippen LogP contribution in [0, 0.1) is 5.82 Å². The van der Waals surface area contributed by atoms with Crippen molar-refractivity contribution >= 4 is 11.0 Å². The Morgan fingerprint density at radius 3 is 2.50 bits per heavy atom. The van der Waals surface area contributed by atoms with Gasteiger partial charge >= 0.3 is 0 Å². The number of aryl methyl sites for hydroxylation is 1. The molecule has 3 aromatic rings. The Morgan fingerprint density at radius 1 is 1.15 bits per heavy atom. The van der Waals surface area contributed by atoms with Gasteiger partial charge in [-0.15, -0.1) is 0 Å². The third kappa shape index (κ3) is 1.90. The van der Waals surface area contributed by atoms with E-state index in [1.165, 1.54) is 0 Å². The summed E-state index contributed by atoms with van der Waals surface area (Å²) in [5.74, 6) is -0.0288. The Labute approximate surface area is 117 Å². The molecule has 0 unspecified atom stereocenters. The number of hydrogen-bond acceptors (Lipinski definition) is 1. The highest BCUT2D eigenvalue weighted by Crippen LogP contribution is 2.34. The first kappa shape index (κ1) is 12.9. The van der Waals surface area contributed by atoms with Crippen LogP contribution in [0.4, 0.5) is 4.39 Å². The summed E-state index contributed by atoms with van der Waals surface area (Å²) in [6.07, 6.45) is 1.74. The van der Waals surface area contributed by atoms with Gasteiger partial charge in [0.25, 0.3) is 0 Å². The van der Waals surface area contributed by atoms with E-state index in [0.29, 0.717) is 5.56 Å². The van der Waals surface area contributed by atoms with E-state index < -0.39 is 0 Å². The van der Waals surface area contributed by atoms with Gasteiger partial charge in [0.2, 0.25) is 0 Å². The highest BCUT2D eigenvalue weighted by atomic mass is 19.1. The van der Waals surface area contributed by atoms with E-state index in [1.54, 1.807) is 6.33 Å². The highest BCUT2D eigenvalue weighted by molar-refractivity contribution is 5.86. The summed E-state index contributed by atoms with van der Waals surface area (Å²) in [5, 5.41) is 0. The maximum Gasteiger partial charge on any atom is 0.136 e. The van der Waals surface area contributed by atoms with Crippen LogP contribution in [0.5, 0.6) is 0 Å². The molecule has 0 saturated heterocycles. The Kier molecular flexibility index (Phi) is 3.05. The minimum absolute atomic E-state index is 0.108. The van der Waals surface area contributed by atoms with E-state index in [9.17, 15) is 4.39 Å². The third-order valence-electron chi connectivity index (χ3n) is 3.64. The lowest BCUT2D eigenvalue weighted by atomic mass is 9.94. The van der Waals surface area contributed by atoms with E-state index >= 15 is 0 Å². The van der Waals surface area contributed by atoms with E-state index in [-0.39, 0.29) is 11.7 Å². The van der Waals surface area contributed by atoms with Crippen molar-refractivity contribution in [2.75, 3.05) is 0 Å². The minimum atomic E-state index is -0.137. The molecule has 0 radical (unpaired) electrons. The number of benzene rings is 2. The van der Waals surface area contributed by atoms with Gasteiger partial charge in [-0.1, -0.05) is 44.2 Å². The van der Waals surface area contributed by atoms with Gasteiger partial charge in [0.05, 0.1) is 17.4 Å². The SMILES string of the molecule is CC(C)c1c(F)c(-c2ccccc2)cc2ncn(C)c12. The molecule has 0 fully saturated rings. The molecule has 0 atom stereocenters. The van der Waals surface area contributed by atoms with Crippen molar-refractivity contribution in [3.05, 3.63) is 54.1 Å². The van der Waals surface area contributed by atoms with Crippen LogP contribution in [0.1, 0.15) is 25.3 Å². The lowest BCUT2D eigenvalue weighted by Gasteiger charge is -2.14. The summed E-state index contributed by atoms with van der Waals surface area (Å²) in [4.78, 5) is 4.38. The lowest BCUT2D eigenvalue weighted by Crippen LogP contribution is -2.01. The average molecular weight is 268 g/mol. The highest BCUT2D eigenvalue weighted by Gasteiger charge is 2.19. The normalized spacial score (nSPS) is 11.4. The Hall–Kier alpha value is -2.16. The molecule has 0 bridgehead atoms. The molecule has 0 N–H and O–H groups in total. The predicted molar refractivity (Wildman–Crippen MR) is 80.2 cm³/mol. The summed E-state index contributed by atoms with van der Waals surface area (Å²) in [6, 6.07) is 11.5. The largest absolute Gasteiger partial charge is 0.333 e. The van der Waals surface area contributed by atoms with Crippen molar-refractivity contribution in [1.29, 1.82) is 0 Å². The van der Waals surface area contributed by atoms with Gasteiger partial charge in [-0.05, 0) is 17.5 Å². The van der Waals surface area contributed by atoms with Crippen molar-refractivity contribution in [3.8, 4) is 11.1 Å². The van der Waals surface area contributed by atoms with Crippen molar-refractivity contribution in [3.63, 3.8) is 0 Å². The van der Waals surface area contributed by atoms with Crippen LogP contribution in [-0.4, -0.2) is 9.55 Å². The molecular weight excluding hydrogens is 251 g/mol. The monoisotopic (exact) mass is 268 g/mol. The molecule has 20 heavy (non-hydrogen) atoms. The van der Waals surface area contributed by atoms with Gasteiger partial charge in [-0.25, -0.2) is 9.37 Å². The van der Waals surface area contributed by atoms with Crippen molar-refractivity contribution in [2.24, 2.45) is 7.05 Å². The summed E-state index contributed by atoms with van der Waals surface area (Å²) in [5.41, 5.74) is 3.98. The second kappa shape index (κ2) is 4.75. The topological polar surface area (TPSA) is 17.8 Å². The van der Waals surface area contributed by atoms with Crippen LogP contribution in [0.15, 0.2) is 42.7 Å². The van der Waals surface area contributed by atoms with Crippen LogP contribution in [0.25, 0.3) is 22.2 Å². The molecule has 2 aromatic carbocycles. The van der Waals surface area contributed by atoms with E-state index in [0.717, 1.165) is 22.2 Å². The second-order valence-electron chi connectivity index (χ2n) is 5.40. The van der Waals surface area contributed by atoms with Crippen LogP contribution in [-0.2, 0) is 7.05 Å². The molecule has 102 valence electrons. The first-order chi connectivity index (χ1) is 9.59. The quantitative estimate of drug-likeness (QED) is 0.669. The van der Waals surface area contributed by atoms with Gasteiger partial charge in [0.1, 0.15) is 5.82 Å². The molecule has 2 nitrogen and oxygen atoms in total. The summed E-state index contributed by atoms with van der Waals surface area (Å²) < 4.78 is 16.8. The first-order valence-corrected chi connectivity index (χ1v) is 6.78. The van der Waals surface area contributed by atoms with Gasteiger partial charge in [-0.3, -0.25) is 0 Å². The fourth-order valence-corrected chi connectivity index (χ4v) is 2.69. The smallest absolute Gasteiger partial charge is 0.136 e. The second-order valence-corrected chi connectivity index (χ2v) is 5.40. The molecule has 0 spiro atoms. The zero-order valence-electron chi connectivity index (χ0n) is 11.9.